The second kappa shape index (κ2) is 9.13. The van der Waals surface area contributed by atoms with Gasteiger partial charge < -0.3 is 9.47 Å². The molecule has 2 aromatic carbocycles. The Balaban J connectivity index is 1.52. The molecular weight excluding hydrogens is 463 g/mol. The van der Waals surface area contributed by atoms with Crippen LogP contribution < -0.4 is 0 Å². The molecule has 5 aromatic rings. The highest BCUT2D eigenvalue weighted by molar-refractivity contribution is 6.02. The van der Waals surface area contributed by atoms with E-state index in [0.29, 0.717) is 12.1 Å². The summed E-state index contributed by atoms with van der Waals surface area (Å²) in [7, 11) is 6.25. The van der Waals surface area contributed by atoms with Gasteiger partial charge in [-0.1, -0.05) is 18.2 Å². The SMILES string of the molecule is [C-]#[N+]c1ccc(-c2c(-c3ccc4c(cnn4C)c3)ncc3c2ccn3C2CCC(N(C)C)CC2)cc1F. The van der Waals surface area contributed by atoms with Gasteiger partial charge in [0.2, 0.25) is 5.69 Å². The van der Waals surface area contributed by atoms with E-state index >= 15 is 0 Å². The van der Waals surface area contributed by atoms with E-state index in [1.165, 1.54) is 18.9 Å². The van der Waals surface area contributed by atoms with E-state index in [2.05, 4.69) is 51.8 Å². The van der Waals surface area contributed by atoms with Gasteiger partial charge in [-0.15, -0.1) is 0 Å². The number of rotatable bonds is 4. The number of pyridine rings is 1. The van der Waals surface area contributed by atoms with Gasteiger partial charge >= 0.3 is 0 Å². The lowest BCUT2D eigenvalue weighted by molar-refractivity contribution is 0.197. The Labute approximate surface area is 215 Å². The number of nitrogens with zero attached hydrogens (tertiary/aromatic N) is 6. The third-order valence-corrected chi connectivity index (χ3v) is 7.94. The molecule has 3 aromatic heterocycles. The molecule has 1 aliphatic carbocycles. The maximum atomic E-state index is 14.8. The Morgan fingerprint density at radius 2 is 1.76 bits per heavy atom. The van der Waals surface area contributed by atoms with E-state index in [9.17, 15) is 4.39 Å². The lowest BCUT2D eigenvalue weighted by Crippen LogP contribution is -2.32. The van der Waals surface area contributed by atoms with Crippen LogP contribution in [0, 0.1) is 12.4 Å². The molecule has 1 aliphatic rings. The van der Waals surface area contributed by atoms with Crippen molar-refractivity contribution < 1.29 is 4.39 Å². The highest BCUT2D eigenvalue weighted by Crippen LogP contribution is 2.41. The average Bonchev–Trinajstić information content (AvgIpc) is 3.51. The molecule has 6 nitrogen and oxygen atoms in total. The van der Waals surface area contributed by atoms with E-state index < -0.39 is 5.82 Å². The van der Waals surface area contributed by atoms with E-state index in [-0.39, 0.29) is 5.69 Å². The summed E-state index contributed by atoms with van der Waals surface area (Å²) in [6.45, 7) is 7.26. The van der Waals surface area contributed by atoms with Gasteiger partial charge in [0.1, 0.15) is 5.82 Å². The molecule has 0 N–H and O–H groups in total. The van der Waals surface area contributed by atoms with Gasteiger partial charge in [0, 0.05) is 47.2 Å². The number of halogens is 1. The van der Waals surface area contributed by atoms with Crippen molar-refractivity contribution in [2.24, 2.45) is 7.05 Å². The van der Waals surface area contributed by atoms with Crippen LogP contribution in [0.3, 0.4) is 0 Å². The predicted octanol–water partition coefficient (Wildman–Crippen LogP) is 6.99. The molecule has 1 saturated carbocycles. The molecule has 0 spiro atoms. The van der Waals surface area contributed by atoms with Gasteiger partial charge in [-0.25, -0.2) is 9.24 Å². The van der Waals surface area contributed by atoms with Crippen LogP contribution in [0.25, 0.3) is 49.0 Å². The highest BCUT2D eigenvalue weighted by Gasteiger charge is 2.25. The van der Waals surface area contributed by atoms with Crippen LogP contribution in [0.15, 0.2) is 61.1 Å². The Morgan fingerprint density at radius 3 is 2.49 bits per heavy atom. The van der Waals surface area contributed by atoms with Crippen molar-refractivity contribution in [3.05, 3.63) is 78.3 Å². The maximum absolute atomic E-state index is 14.8. The molecule has 0 unspecified atom stereocenters. The van der Waals surface area contributed by atoms with Crippen molar-refractivity contribution in [3.63, 3.8) is 0 Å². The fourth-order valence-corrected chi connectivity index (χ4v) is 5.87. The van der Waals surface area contributed by atoms with Crippen molar-refractivity contribution in [1.82, 2.24) is 24.2 Å². The first-order chi connectivity index (χ1) is 17.9. The van der Waals surface area contributed by atoms with Gasteiger partial charge in [0.25, 0.3) is 0 Å². The van der Waals surface area contributed by atoms with Crippen LogP contribution in [-0.4, -0.2) is 44.4 Å². The van der Waals surface area contributed by atoms with E-state index in [4.69, 9.17) is 11.6 Å². The predicted molar refractivity (Wildman–Crippen MR) is 146 cm³/mol. The Bertz CT molecular complexity index is 1660. The quantitative estimate of drug-likeness (QED) is 0.254. The van der Waals surface area contributed by atoms with Gasteiger partial charge in [-0.05, 0) is 69.6 Å². The standard InChI is InChI=1S/C30H29FN6/c1-32-26-11-5-19(16-25(26)31)29-24-13-14-37(23-9-7-22(8-10-23)35(2)3)28(24)18-33-30(29)20-6-12-27-21(15-20)17-34-36(27)4/h5-6,11-18,22-23H,7-10H2,2-4H3. The second-order valence-electron chi connectivity index (χ2n) is 10.2. The number of aromatic nitrogens is 4. The lowest BCUT2D eigenvalue weighted by atomic mass is 9.90. The zero-order valence-corrected chi connectivity index (χ0v) is 21.3. The molecule has 1 fully saturated rings. The number of aryl methyl sites for hydroxylation is 1. The van der Waals surface area contributed by atoms with Gasteiger partial charge in [0.05, 0.1) is 35.7 Å². The molecule has 6 rings (SSSR count). The Kier molecular flexibility index (Phi) is 5.77. The summed E-state index contributed by atoms with van der Waals surface area (Å²) < 4.78 is 19.0. The summed E-state index contributed by atoms with van der Waals surface area (Å²) >= 11 is 0. The fraction of sp³-hybridized carbons (Fsp3) is 0.300. The summed E-state index contributed by atoms with van der Waals surface area (Å²) in [5, 5.41) is 6.44. The number of fused-ring (bicyclic) bond motifs is 2. The monoisotopic (exact) mass is 492 g/mol. The van der Waals surface area contributed by atoms with Crippen LogP contribution in [0.1, 0.15) is 31.7 Å². The van der Waals surface area contributed by atoms with E-state index in [1.54, 1.807) is 6.07 Å². The Hall–Kier alpha value is -4.02. The number of hydrogen-bond acceptors (Lipinski definition) is 3. The minimum atomic E-state index is -0.514. The van der Waals surface area contributed by atoms with Crippen molar-refractivity contribution in [1.29, 1.82) is 0 Å². The third kappa shape index (κ3) is 3.98. The second-order valence-corrected chi connectivity index (χ2v) is 10.2. The van der Waals surface area contributed by atoms with Crippen LogP contribution in [-0.2, 0) is 7.05 Å². The Morgan fingerprint density at radius 1 is 0.973 bits per heavy atom. The molecule has 0 amide bonds. The molecule has 0 bridgehead atoms. The zero-order chi connectivity index (χ0) is 25.7. The van der Waals surface area contributed by atoms with Gasteiger partial charge in [-0.2, -0.15) is 5.10 Å². The molecule has 7 heteroatoms. The summed E-state index contributed by atoms with van der Waals surface area (Å²) in [4.78, 5) is 10.6. The molecule has 37 heavy (non-hydrogen) atoms. The summed E-state index contributed by atoms with van der Waals surface area (Å²) in [5.74, 6) is -0.514. The van der Waals surface area contributed by atoms with E-state index in [1.807, 2.05) is 42.3 Å². The average molecular weight is 493 g/mol. The fourth-order valence-electron chi connectivity index (χ4n) is 5.87. The summed E-state index contributed by atoms with van der Waals surface area (Å²) in [5.41, 5.74) is 5.48. The summed E-state index contributed by atoms with van der Waals surface area (Å²) in [6.07, 6.45) is 10.6. The molecule has 3 heterocycles. The molecule has 186 valence electrons. The first kappa shape index (κ1) is 23.4. The van der Waals surface area contributed by atoms with E-state index in [0.717, 1.165) is 57.0 Å². The van der Waals surface area contributed by atoms with Crippen LogP contribution >= 0.6 is 0 Å². The van der Waals surface area contributed by atoms with Crippen molar-refractivity contribution in [2.75, 3.05) is 14.1 Å². The van der Waals surface area contributed by atoms with Crippen LogP contribution in [0.2, 0.25) is 0 Å². The highest BCUT2D eigenvalue weighted by atomic mass is 19.1. The zero-order valence-electron chi connectivity index (χ0n) is 21.3. The van der Waals surface area contributed by atoms with Crippen LogP contribution in [0.4, 0.5) is 10.1 Å². The van der Waals surface area contributed by atoms with Crippen molar-refractivity contribution >= 4 is 27.5 Å². The number of benzene rings is 2. The number of hydrogen-bond donors (Lipinski definition) is 0. The lowest BCUT2D eigenvalue weighted by Gasteiger charge is -2.33. The molecule has 0 radical (unpaired) electrons. The third-order valence-electron chi connectivity index (χ3n) is 7.94. The van der Waals surface area contributed by atoms with Gasteiger partial charge in [0.15, 0.2) is 0 Å². The first-order valence-electron chi connectivity index (χ1n) is 12.7. The smallest absolute Gasteiger partial charge is 0.222 e. The normalized spacial score (nSPS) is 18.1. The first-order valence-corrected chi connectivity index (χ1v) is 12.7. The molecule has 0 saturated heterocycles. The molecule has 0 aliphatic heterocycles. The topological polar surface area (TPSA) is 43.2 Å². The molecular formula is C30H29FN6. The van der Waals surface area contributed by atoms with Crippen molar-refractivity contribution in [3.8, 4) is 22.4 Å². The minimum Gasteiger partial charge on any atom is -0.343 e. The minimum absolute atomic E-state index is 0.0254. The largest absolute Gasteiger partial charge is 0.343 e. The van der Waals surface area contributed by atoms with Gasteiger partial charge in [-0.3, -0.25) is 9.67 Å². The summed E-state index contributed by atoms with van der Waals surface area (Å²) in [6, 6.07) is 14.2. The van der Waals surface area contributed by atoms with Crippen LogP contribution in [0.5, 0.6) is 0 Å². The molecule has 0 atom stereocenters. The maximum Gasteiger partial charge on any atom is 0.222 e. The van der Waals surface area contributed by atoms with Crippen molar-refractivity contribution in [2.45, 2.75) is 37.8 Å².